The van der Waals surface area contributed by atoms with E-state index < -0.39 is 4.92 Å². The molecule has 0 saturated heterocycles. The number of rotatable bonds is 4. The zero-order chi connectivity index (χ0) is 14.9. The molecule has 0 unspecified atom stereocenters. The van der Waals surface area contributed by atoms with Gasteiger partial charge in [0.15, 0.2) is 0 Å². The number of aryl methyl sites for hydroxylation is 3. The minimum atomic E-state index is -0.456. The summed E-state index contributed by atoms with van der Waals surface area (Å²) in [7, 11) is 0. The van der Waals surface area contributed by atoms with Gasteiger partial charge in [-0.05, 0) is 37.5 Å². The lowest BCUT2D eigenvalue weighted by molar-refractivity contribution is -0.385. The van der Waals surface area contributed by atoms with Crippen LogP contribution in [0.3, 0.4) is 0 Å². The molecule has 0 N–H and O–H groups in total. The van der Waals surface area contributed by atoms with E-state index >= 15 is 0 Å². The highest BCUT2D eigenvalue weighted by Gasteiger charge is 2.27. The molecule has 0 atom stereocenters. The van der Waals surface area contributed by atoms with Crippen LogP contribution >= 0.6 is 11.6 Å². The Kier molecular flexibility index (Phi) is 4.09. The summed E-state index contributed by atoms with van der Waals surface area (Å²) in [5.41, 5.74) is 3.15. The number of nitro groups is 1. The zero-order valence-electron chi connectivity index (χ0n) is 11.7. The topological polar surface area (TPSA) is 61.0 Å². The maximum Gasteiger partial charge on any atom is 0.329 e. The molecule has 0 amide bonds. The van der Waals surface area contributed by atoms with Gasteiger partial charge in [0.1, 0.15) is 5.69 Å². The van der Waals surface area contributed by atoms with Crippen LogP contribution in [-0.4, -0.2) is 14.7 Å². The fourth-order valence-corrected chi connectivity index (χ4v) is 2.43. The quantitative estimate of drug-likeness (QED) is 0.632. The van der Waals surface area contributed by atoms with Crippen LogP contribution < -0.4 is 0 Å². The van der Waals surface area contributed by atoms with Crippen LogP contribution in [0, 0.1) is 24.0 Å². The molecule has 0 fully saturated rings. The van der Waals surface area contributed by atoms with Crippen LogP contribution in [0.15, 0.2) is 18.2 Å². The van der Waals surface area contributed by atoms with E-state index in [-0.39, 0.29) is 10.8 Å². The first kappa shape index (κ1) is 14.5. The average Bonchev–Trinajstić information content (AvgIpc) is 2.70. The van der Waals surface area contributed by atoms with E-state index in [4.69, 9.17) is 11.6 Å². The Balaban J connectivity index is 2.66. The van der Waals surface area contributed by atoms with Crippen molar-refractivity contribution in [2.45, 2.75) is 33.6 Å². The van der Waals surface area contributed by atoms with E-state index in [1.54, 1.807) is 0 Å². The number of hydrogen-bond acceptors (Lipinski definition) is 3. The summed E-state index contributed by atoms with van der Waals surface area (Å²) in [5.74, 6) is 0. The number of aromatic nitrogens is 2. The van der Waals surface area contributed by atoms with E-state index in [0.29, 0.717) is 12.1 Å². The second-order valence-electron chi connectivity index (χ2n) is 4.79. The summed E-state index contributed by atoms with van der Waals surface area (Å²) >= 11 is 6.18. The van der Waals surface area contributed by atoms with Gasteiger partial charge in [-0.1, -0.05) is 37.1 Å². The number of nitrogens with zero attached hydrogens (tertiary/aromatic N) is 3. The Hall–Kier alpha value is -1.88. The Bertz CT molecular complexity index is 665. The van der Waals surface area contributed by atoms with E-state index in [1.165, 1.54) is 4.68 Å². The second-order valence-corrected chi connectivity index (χ2v) is 5.15. The van der Waals surface area contributed by atoms with Crippen molar-refractivity contribution in [3.05, 3.63) is 50.3 Å². The largest absolute Gasteiger partial charge is 0.329 e. The highest BCUT2D eigenvalue weighted by molar-refractivity contribution is 6.32. The molecule has 6 heteroatoms. The van der Waals surface area contributed by atoms with Crippen LogP contribution in [0.4, 0.5) is 5.69 Å². The molecule has 2 rings (SSSR count). The second kappa shape index (κ2) is 5.63. The highest BCUT2D eigenvalue weighted by Crippen LogP contribution is 2.32. The fraction of sp³-hybridized carbons (Fsp3) is 0.357. The van der Waals surface area contributed by atoms with E-state index in [1.807, 2.05) is 39.0 Å². The molecule has 1 aromatic heterocycles. The van der Waals surface area contributed by atoms with Crippen molar-refractivity contribution in [1.29, 1.82) is 0 Å². The Morgan fingerprint density at radius 3 is 2.70 bits per heavy atom. The summed E-state index contributed by atoms with van der Waals surface area (Å²) < 4.78 is 1.47. The third-order valence-corrected chi connectivity index (χ3v) is 3.48. The number of halogens is 1. The minimum absolute atomic E-state index is 0.0622. The Labute approximate surface area is 122 Å². The standard InChI is InChI=1S/C14H16ClN3O2/c1-4-5-11-13(18(19)20)14(15)17(16-11)12-8-9(2)6-7-10(12)3/h6-8H,4-5H2,1-3H3. The predicted octanol–water partition coefficient (Wildman–Crippen LogP) is 4.00. The molecule has 0 aliphatic carbocycles. The maximum absolute atomic E-state index is 11.2. The zero-order valence-corrected chi connectivity index (χ0v) is 12.4. The van der Waals surface area contributed by atoms with Crippen molar-refractivity contribution in [2.24, 2.45) is 0 Å². The van der Waals surface area contributed by atoms with Gasteiger partial charge < -0.3 is 0 Å². The van der Waals surface area contributed by atoms with Gasteiger partial charge in [-0.2, -0.15) is 5.10 Å². The average molecular weight is 294 g/mol. The van der Waals surface area contributed by atoms with Gasteiger partial charge in [0.05, 0.1) is 10.6 Å². The minimum Gasteiger partial charge on any atom is -0.258 e. The lowest BCUT2D eigenvalue weighted by Crippen LogP contribution is -2.00. The summed E-state index contributed by atoms with van der Waals surface area (Å²) in [6.07, 6.45) is 1.31. The Morgan fingerprint density at radius 1 is 1.40 bits per heavy atom. The highest BCUT2D eigenvalue weighted by atomic mass is 35.5. The third kappa shape index (κ3) is 2.54. The van der Waals surface area contributed by atoms with Gasteiger partial charge in [-0.3, -0.25) is 10.1 Å². The van der Waals surface area contributed by atoms with Crippen LogP contribution in [0.25, 0.3) is 5.69 Å². The Morgan fingerprint density at radius 2 is 2.10 bits per heavy atom. The SMILES string of the molecule is CCCc1nn(-c2cc(C)ccc2C)c(Cl)c1[N+](=O)[O-]. The third-order valence-electron chi connectivity index (χ3n) is 3.14. The molecule has 1 aromatic carbocycles. The van der Waals surface area contributed by atoms with Crippen molar-refractivity contribution < 1.29 is 4.92 Å². The molecular formula is C14H16ClN3O2. The van der Waals surface area contributed by atoms with E-state index in [0.717, 1.165) is 23.2 Å². The summed E-state index contributed by atoms with van der Waals surface area (Å²) in [4.78, 5) is 10.7. The van der Waals surface area contributed by atoms with Gasteiger partial charge in [-0.25, -0.2) is 4.68 Å². The van der Waals surface area contributed by atoms with Crippen LogP contribution in [0.5, 0.6) is 0 Å². The first-order valence-electron chi connectivity index (χ1n) is 6.45. The fourth-order valence-electron chi connectivity index (χ4n) is 2.12. The van der Waals surface area contributed by atoms with Crippen molar-refractivity contribution in [3.8, 4) is 5.69 Å². The van der Waals surface area contributed by atoms with Crippen LogP contribution in [0.2, 0.25) is 5.15 Å². The first-order valence-corrected chi connectivity index (χ1v) is 6.83. The monoisotopic (exact) mass is 293 g/mol. The van der Waals surface area contributed by atoms with Gasteiger partial charge >= 0.3 is 5.69 Å². The molecule has 5 nitrogen and oxygen atoms in total. The lowest BCUT2D eigenvalue weighted by Gasteiger charge is -2.07. The van der Waals surface area contributed by atoms with E-state index in [2.05, 4.69) is 5.10 Å². The van der Waals surface area contributed by atoms with Crippen LogP contribution in [-0.2, 0) is 6.42 Å². The molecular weight excluding hydrogens is 278 g/mol. The molecule has 0 bridgehead atoms. The molecule has 106 valence electrons. The van der Waals surface area contributed by atoms with Gasteiger partial charge in [-0.15, -0.1) is 0 Å². The van der Waals surface area contributed by atoms with Gasteiger partial charge in [0.2, 0.25) is 5.15 Å². The molecule has 0 spiro atoms. The van der Waals surface area contributed by atoms with Crippen molar-refractivity contribution in [1.82, 2.24) is 9.78 Å². The van der Waals surface area contributed by atoms with Gasteiger partial charge in [0.25, 0.3) is 0 Å². The summed E-state index contributed by atoms with van der Waals surface area (Å²) in [6, 6.07) is 5.86. The normalized spacial score (nSPS) is 10.8. The molecule has 2 aromatic rings. The molecule has 0 saturated carbocycles. The molecule has 0 radical (unpaired) electrons. The molecule has 20 heavy (non-hydrogen) atoms. The van der Waals surface area contributed by atoms with Crippen molar-refractivity contribution >= 4 is 17.3 Å². The summed E-state index contributed by atoms with van der Waals surface area (Å²) in [6.45, 7) is 5.84. The molecule has 0 aliphatic rings. The van der Waals surface area contributed by atoms with Gasteiger partial charge in [0, 0.05) is 0 Å². The van der Waals surface area contributed by atoms with Crippen molar-refractivity contribution in [3.63, 3.8) is 0 Å². The van der Waals surface area contributed by atoms with Crippen molar-refractivity contribution in [2.75, 3.05) is 0 Å². The molecule has 0 aliphatic heterocycles. The van der Waals surface area contributed by atoms with Crippen LogP contribution in [0.1, 0.15) is 30.2 Å². The number of hydrogen-bond donors (Lipinski definition) is 0. The summed E-state index contributed by atoms with van der Waals surface area (Å²) in [5, 5.41) is 15.6. The smallest absolute Gasteiger partial charge is 0.258 e. The lowest BCUT2D eigenvalue weighted by atomic mass is 10.1. The molecule has 1 heterocycles. The maximum atomic E-state index is 11.2. The van der Waals surface area contributed by atoms with E-state index in [9.17, 15) is 10.1 Å². The predicted molar refractivity (Wildman–Crippen MR) is 78.7 cm³/mol. The first-order chi connectivity index (χ1) is 9.45. The number of benzene rings is 1.